The Balaban J connectivity index is 4.75. The maximum atomic E-state index is 9.57. The number of hydrogen-bond donors (Lipinski definition) is 2. The maximum Gasteiger partial charge on any atom is 0.253 e. The molecule has 3 nitrogen and oxygen atoms in total. The molecular weight excluding hydrogens is 124 g/mol. The van der Waals surface area contributed by atoms with E-state index in [1.807, 2.05) is 0 Å². The molecule has 0 aliphatic heterocycles. The molecule has 0 saturated heterocycles. The van der Waals surface area contributed by atoms with E-state index in [0.29, 0.717) is 0 Å². The van der Waals surface area contributed by atoms with Crippen LogP contribution in [-0.4, -0.2) is 19.2 Å². The van der Waals surface area contributed by atoms with Crippen molar-refractivity contribution in [3.8, 4) is 0 Å². The Morgan fingerprint density at radius 1 is 1.67 bits per heavy atom. The second kappa shape index (κ2) is 1.74. The minimum atomic E-state index is -3.61. The summed E-state index contributed by atoms with van der Waals surface area (Å²) in [5.74, 6) is 2.90. The third-order valence-electron chi connectivity index (χ3n) is 0.154. The molecule has 0 aliphatic rings. The highest BCUT2D eigenvalue weighted by Gasteiger charge is 1.79. The van der Waals surface area contributed by atoms with E-state index in [1.54, 1.807) is 0 Å². The molecule has 0 aromatic heterocycles. The van der Waals surface area contributed by atoms with E-state index in [0.717, 1.165) is 0 Å². The second-order valence-corrected chi connectivity index (χ2v) is 3.71. The summed E-state index contributed by atoms with van der Waals surface area (Å²) in [5, 5.41) is 0. The molecule has 0 unspecified atom stereocenters. The van der Waals surface area contributed by atoms with E-state index in [9.17, 15) is 4.21 Å². The molecule has 5 heteroatoms. The van der Waals surface area contributed by atoms with Crippen molar-refractivity contribution in [2.75, 3.05) is 0 Å². The number of hydrogen-bond acceptors (Lipinski definition) is 1. The molecule has 0 fully saturated rings. The third-order valence-corrected chi connectivity index (χ3v) is 1.38. The van der Waals surface area contributed by atoms with Gasteiger partial charge in [0.05, 0.1) is 0 Å². The molecule has 0 amide bonds. The molecule has 0 heterocycles. The van der Waals surface area contributed by atoms with Crippen LogP contribution in [0.3, 0.4) is 0 Å². The largest absolute Gasteiger partial charge is 0.286 e. The molecule has 6 heavy (non-hydrogen) atoms. The Hall–Kier alpha value is 0.160. The third kappa shape index (κ3) is 4.16. The first kappa shape index (κ1) is 6.16. The monoisotopic (exact) mass is 128 g/mol. The fourth-order valence-electron chi connectivity index (χ4n) is 0. The minimum absolute atomic E-state index is 0.271. The highest BCUT2D eigenvalue weighted by molar-refractivity contribution is 8.32. The summed E-state index contributed by atoms with van der Waals surface area (Å²) in [4.78, 5) is 0. The van der Waals surface area contributed by atoms with Crippen LogP contribution in [0.15, 0.2) is 0 Å². The zero-order valence-corrected chi connectivity index (χ0v) is 4.46. The van der Waals surface area contributed by atoms with Gasteiger partial charge in [-0.1, -0.05) is 0 Å². The predicted molar refractivity (Wildman–Crippen MR) is 27.9 cm³/mol. The summed E-state index contributed by atoms with van der Waals surface area (Å²) in [5.41, 5.74) is 0. The van der Waals surface area contributed by atoms with Gasteiger partial charge in [0.15, 0.2) is 0 Å². The summed E-state index contributed by atoms with van der Waals surface area (Å²) in [6.07, 6.45) is 0. The predicted octanol–water partition coefficient (Wildman–Crippen LogP) is -0.354. The van der Waals surface area contributed by atoms with Gasteiger partial charge in [0.1, 0.15) is 0 Å². The normalized spacial score (nSPS) is 11.0. The lowest BCUT2D eigenvalue weighted by molar-refractivity contribution is 0.450. The van der Waals surface area contributed by atoms with Crippen molar-refractivity contribution < 1.29 is 13.3 Å². The van der Waals surface area contributed by atoms with Gasteiger partial charge in [-0.2, -0.15) is 4.21 Å². The van der Waals surface area contributed by atoms with Crippen LogP contribution in [0.1, 0.15) is 0 Å². The van der Waals surface area contributed by atoms with E-state index in [-0.39, 0.29) is 9.91 Å². The van der Waals surface area contributed by atoms with Crippen LogP contribution < -0.4 is 0 Å². The van der Waals surface area contributed by atoms with Crippen LogP contribution in [0.4, 0.5) is 0 Å². The van der Waals surface area contributed by atoms with Crippen LogP contribution in [0.25, 0.3) is 0 Å². The quantitative estimate of drug-likeness (QED) is 0.438. The Bertz CT molecular complexity index is 150. The van der Waals surface area contributed by atoms with Gasteiger partial charge in [-0.3, -0.25) is 9.11 Å². The summed E-state index contributed by atoms with van der Waals surface area (Å²) < 4.78 is 25.2. The van der Waals surface area contributed by atoms with Gasteiger partial charge in [0.2, 0.25) is 0 Å². The lowest BCUT2D eigenvalue weighted by atomic mass is 12.0. The van der Waals surface area contributed by atoms with Crippen LogP contribution in [-0.2, 0) is 19.0 Å². The van der Waals surface area contributed by atoms with Gasteiger partial charge in [-0.05, 0) is 15.8 Å². The van der Waals surface area contributed by atoms with Gasteiger partial charge < -0.3 is 0 Å². The fourth-order valence-corrected chi connectivity index (χ4v) is 0. The zero-order chi connectivity index (χ0) is 5.21. The smallest absolute Gasteiger partial charge is 0.253 e. The van der Waals surface area contributed by atoms with Gasteiger partial charge in [0.25, 0.3) is 9.05 Å². The number of rotatable bonds is 0. The SMILES string of the molecule is C=S=S(=O)(O)O. The summed E-state index contributed by atoms with van der Waals surface area (Å²) >= 11 is 0. The van der Waals surface area contributed by atoms with Crippen LogP contribution >= 0.6 is 0 Å². The molecule has 38 valence electrons. The average Bonchev–Trinajstić information content (AvgIpc) is 1.35. The summed E-state index contributed by atoms with van der Waals surface area (Å²) in [6, 6.07) is 0. The highest BCUT2D eigenvalue weighted by atomic mass is 32.9. The van der Waals surface area contributed by atoms with Crippen molar-refractivity contribution in [3.05, 3.63) is 0 Å². The molecular formula is CH4O3S2. The van der Waals surface area contributed by atoms with Gasteiger partial charge in [-0.15, -0.1) is 0 Å². The van der Waals surface area contributed by atoms with Crippen LogP contribution in [0.2, 0.25) is 0 Å². The van der Waals surface area contributed by atoms with E-state index >= 15 is 0 Å². The Labute approximate surface area is 38.9 Å². The van der Waals surface area contributed by atoms with Crippen molar-refractivity contribution >= 4 is 24.8 Å². The average molecular weight is 128 g/mol. The molecule has 0 bridgehead atoms. The van der Waals surface area contributed by atoms with Crippen LogP contribution in [0.5, 0.6) is 0 Å². The standard InChI is InChI=1S/CH4O3S2/c1-5-6(2,3)4/h1H2,(H2,2,3,4). The van der Waals surface area contributed by atoms with Crippen molar-refractivity contribution in [1.82, 2.24) is 0 Å². The topological polar surface area (TPSA) is 57.5 Å². The van der Waals surface area contributed by atoms with Crippen molar-refractivity contribution in [1.29, 1.82) is 0 Å². The van der Waals surface area contributed by atoms with Crippen LogP contribution in [0, 0.1) is 0 Å². The molecule has 0 radical (unpaired) electrons. The molecule has 0 aliphatic carbocycles. The minimum Gasteiger partial charge on any atom is -0.286 e. The Kier molecular flexibility index (Phi) is 1.79. The van der Waals surface area contributed by atoms with E-state index in [4.69, 9.17) is 9.11 Å². The summed E-state index contributed by atoms with van der Waals surface area (Å²) in [6.45, 7) is 0. The van der Waals surface area contributed by atoms with Crippen molar-refractivity contribution in [2.45, 2.75) is 0 Å². The van der Waals surface area contributed by atoms with Gasteiger partial charge in [0, 0.05) is 0 Å². The van der Waals surface area contributed by atoms with E-state index in [2.05, 4.69) is 5.87 Å². The fraction of sp³-hybridized carbons (Fsp3) is 0. The maximum absolute atomic E-state index is 9.57. The molecule has 2 N–H and O–H groups in total. The van der Waals surface area contributed by atoms with Gasteiger partial charge in [-0.25, -0.2) is 0 Å². The molecule has 0 saturated carbocycles. The lowest BCUT2D eigenvalue weighted by Gasteiger charge is -1.77. The summed E-state index contributed by atoms with van der Waals surface area (Å²) in [7, 11) is -3.34. The zero-order valence-electron chi connectivity index (χ0n) is 2.83. The van der Waals surface area contributed by atoms with Crippen molar-refractivity contribution in [3.63, 3.8) is 0 Å². The first-order valence-electron chi connectivity index (χ1n) is 0.987. The van der Waals surface area contributed by atoms with Crippen molar-refractivity contribution in [2.24, 2.45) is 0 Å². The van der Waals surface area contributed by atoms with E-state index in [1.165, 1.54) is 0 Å². The Morgan fingerprint density at radius 3 is 1.83 bits per heavy atom. The van der Waals surface area contributed by atoms with Gasteiger partial charge >= 0.3 is 0 Å². The Morgan fingerprint density at radius 2 is 1.83 bits per heavy atom. The molecule has 0 aromatic rings. The molecule has 0 rings (SSSR count). The molecule has 0 spiro atoms. The van der Waals surface area contributed by atoms with E-state index < -0.39 is 9.05 Å². The molecule has 0 aromatic carbocycles. The second-order valence-electron chi connectivity index (χ2n) is 0.566. The molecule has 0 atom stereocenters. The lowest BCUT2D eigenvalue weighted by Crippen LogP contribution is -1.89. The first-order chi connectivity index (χ1) is 2.56. The first-order valence-corrected chi connectivity index (χ1v) is 3.96. The highest BCUT2D eigenvalue weighted by Crippen LogP contribution is 1.65.